The van der Waals surface area contributed by atoms with E-state index in [1.165, 1.54) is 12.1 Å². The van der Waals surface area contributed by atoms with Gasteiger partial charge in [0.15, 0.2) is 0 Å². The van der Waals surface area contributed by atoms with Gasteiger partial charge in [0.05, 0.1) is 10.6 Å². The van der Waals surface area contributed by atoms with Gasteiger partial charge in [0.2, 0.25) is 0 Å². The monoisotopic (exact) mass is 317 g/mol. The van der Waals surface area contributed by atoms with Crippen molar-refractivity contribution in [2.45, 2.75) is 12.7 Å². The highest BCUT2D eigenvalue weighted by atomic mass is 35.5. The number of phenolic OH excluding ortho intramolecular Hbond substituents is 1. The highest BCUT2D eigenvalue weighted by Crippen LogP contribution is 2.32. The third-order valence-corrected chi connectivity index (χ3v) is 3.01. The molecule has 0 spiro atoms. The van der Waals surface area contributed by atoms with E-state index in [9.17, 15) is 18.3 Å². The van der Waals surface area contributed by atoms with Gasteiger partial charge in [-0.2, -0.15) is 13.2 Å². The van der Waals surface area contributed by atoms with Gasteiger partial charge in [-0.15, -0.1) is 0 Å². The molecule has 1 heterocycles. The van der Waals surface area contributed by atoms with Crippen molar-refractivity contribution >= 4 is 23.1 Å². The minimum atomic E-state index is -4.50. The number of rotatable bonds is 3. The molecule has 0 amide bonds. The Labute approximate surface area is 123 Å². The normalized spacial score (nSPS) is 11.4. The number of hydrogen-bond acceptors (Lipinski definition) is 4. The van der Waals surface area contributed by atoms with Crippen molar-refractivity contribution in [2.24, 2.45) is 0 Å². The van der Waals surface area contributed by atoms with Crippen molar-refractivity contribution in [3.63, 3.8) is 0 Å². The Hall–Kier alpha value is -2.15. The number of phenols is 1. The number of aromatic nitrogens is 1. The van der Waals surface area contributed by atoms with E-state index in [0.717, 1.165) is 6.07 Å². The molecule has 1 aromatic heterocycles. The summed E-state index contributed by atoms with van der Waals surface area (Å²) in [6, 6.07) is 5.28. The maximum absolute atomic E-state index is 12.5. The first-order valence-electron chi connectivity index (χ1n) is 5.81. The number of halogens is 4. The zero-order valence-electron chi connectivity index (χ0n) is 10.6. The number of hydrogen-bond donors (Lipinski definition) is 3. The van der Waals surface area contributed by atoms with Gasteiger partial charge in [-0.25, -0.2) is 4.98 Å². The minimum absolute atomic E-state index is 0.0136. The van der Waals surface area contributed by atoms with Crippen LogP contribution in [0.15, 0.2) is 30.5 Å². The summed E-state index contributed by atoms with van der Waals surface area (Å²) in [6.07, 6.45) is -3.81. The van der Waals surface area contributed by atoms with E-state index >= 15 is 0 Å². The Kier molecular flexibility index (Phi) is 4.13. The molecule has 8 heteroatoms. The number of alkyl halides is 3. The zero-order valence-corrected chi connectivity index (χ0v) is 11.3. The molecule has 0 aliphatic rings. The lowest BCUT2D eigenvalue weighted by Gasteiger charge is -2.11. The topological polar surface area (TPSA) is 71.2 Å². The molecule has 4 nitrogen and oxygen atoms in total. The third-order valence-electron chi connectivity index (χ3n) is 2.72. The summed E-state index contributed by atoms with van der Waals surface area (Å²) in [5.74, 6) is 0.103. The molecule has 1 aromatic carbocycles. The first-order chi connectivity index (χ1) is 9.77. The van der Waals surface area contributed by atoms with Crippen LogP contribution in [0.4, 0.5) is 24.7 Å². The Bertz CT molecular complexity index is 662. The number of nitrogens with two attached hydrogens (primary N) is 1. The van der Waals surface area contributed by atoms with E-state index in [1.807, 2.05) is 0 Å². The van der Waals surface area contributed by atoms with Crippen LogP contribution >= 0.6 is 11.6 Å². The first-order valence-corrected chi connectivity index (χ1v) is 6.19. The Morgan fingerprint density at radius 2 is 2.00 bits per heavy atom. The summed E-state index contributed by atoms with van der Waals surface area (Å²) in [5.41, 5.74) is 5.60. The maximum atomic E-state index is 12.5. The van der Waals surface area contributed by atoms with E-state index in [1.54, 1.807) is 6.07 Å². The van der Waals surface area contributed by atoms with Crippen molar-refractivity contribution < 1.29 is 18.3 Å². The average Bonchev–Trinajstić information content (AvgIpc) is 2.40. The van der Waals surface area contributed by atoms with Crippen molar-refractivity contribution in [3.8, 4) is 5.75 Å². The number of aromatic hydroxyl groups is 1. The molecular weight excluding hydrogens is 307 g/mol. The summed E-state index contributed by atoms with van der Waals surface area (Å²) in [5, 5.41) is 12.2. The summed E-state index contributed by atoms with van der Waals surface area (Å²) < 4.78 is 37.4. The molecule has 0 saturated heterocycles. The highest BCUT2D eigenvalue weighted by Gasteiger charge is 2.31. The fraction of sp³-hybridized carbons (Fsp3) is 0.154. The smallest absolute Gasteiger partial charge is 0.417 e. The van der Waals surface area contributed by atoms with Crippen LogP contribution in [-0.4, -0.2) is 10.1 Å². The van der Waals surface area contributed by atoms with Gasteiger partial charge in [0, 0.05) is 24.0 Å². The van der Waals surface area contributed by atoms with Gasteiger partial charge in [-0.05, 0) is 24.3 Å². The Morgan fingerprint density at radius 3 is 2.62 bits per heavy atom. The zero-order chi connectivity index (χ0) is 15.6. The maximum Gasteiger partial charge on any atom is 0.417 e. The van der Waals surface area contributed by atoms with Crippen LogP contribution in [0.25, 0.3) is 0 Å². The second-order valence-electron chi connectivity index (χ2n) is 4.29. The molecule has 21 heavy (non-hydrogen) atoms. The SMILES string of the molecule is Nc1ccc(O)c(CNc2ncc(C(F)(F)F)cc2Cl)c1. The summed E-state index contributed by atoms with van der Waals surface area (Å²) in [6.45, 7) is 0.120. The summed E-state index contributed by atoms with van der Waals surface area (Å²) in [7, 11) is 0. The van der Waals surface area contributed by atoms with E-state index in [-0.39, 0.29) is 23.1 Å². The molecule has 0 bridgehead atoms. The largest absolute Gasteiger partial charge is 0.508 e. The van der Waals surface area contributed by atoms with Gasteiger partial charge >= 0.3 is 6.18 Å². The van der Waals surface area contributed by atoms with Crippen LogP contribution in [0.2, 0.25) is 5.02 Å². The molecule has 0 aliphatic carbocycles. The quantitative estimate of drug-likeness (QED) is 0.597. The lowest BCUT2D eigenvalue weighted by Crippen LogP contribution is -2.08. The Morgan fingerprint density at radius 1 is 1.29 bits per heavy atom. The van der Waals surface area contributed by atoms with Crippen molar-refractivity contribution in [1.29, 1.82) is 0 Å². The molecule has 4 N–H and O–H groups in total. The summed E-state index contributed by atoms with van der Waals surface area (Å²) in [4.78, 5) is 3.64. The van der Waals surface area contributed by atoms with E-state index in [2.05, 4.69) is 10.3 Å². The molecule has 0 radical (unpaired) electrons. The van der Waals surface area contributed by atoms with Crippen molar-refractivity contribution in [3.05, 3.63) is 46.6 Å². The lowest BCUT2D eigenvalue weighted by atomic mass is 10.2. The molecule has 0 saturated carbocycles. The Balaban J connectivity index is 2.15. The fourth-order valence-corrected chi connectivity index (χ4v) is 1.88. The third kappa shape index (κ3) is 3.69. The second kappa shape index (κ2) is 5.69. The van der Waals surface area contributed by atoms with Gasteiger partial charge < -0.3 is 16.2 Å². The average molecular weight is 318 g/mol. The van der Waals surface area contributed by atoms with Crippen molar-refractivity contribution in [1.82, 2.24) is 4.98 Å². The molecule has 0 unspecified atom stereocenters. The van der Waals surface area contributed by atoms with Crippen molar-refractivity contribution in [2.75, 3.05) is 11.1 Å². The van der Waals surface area contributed by atoms with Crippen LogP contribution < -0.4 is 11.1 Å². The molecule has 2 rings (SSSR count). The number of nitrogens with zero attached hydrogens (tertiary/aromatic N) is 1. The first kappa shape index (κ1) is 15.2. The molecule has 0 atom stereocenters. The molecule has 2 aromatic rings. The standard InChI is InChI=1S/C13H11ClF3N3O/c14-10-4-8(13(15,16)17)6-20-12(10)19-5-7-3-9(18)1-2-11(7)21/h1-4,6,21H,5,18H2,(H,19,20). The highest BCUT2D eigenvalue weighted by molar-refractivity contribution is 6.32. The number of benzene rings is 1. The number of anilines is 2. The van der Waals surface area contributed by atoms with Crippen LogP contribution in [0.5, 0.6) is 5.75 Å². The van der Waals surface area contributed by atoms with E-state index < -0.39 is 11.7 Å². The molecule has 112 valence electrons. The number of nitrogens with one attached hydrogen (secondary N) is 1. The summed E-state index contributed by atoms with van der Waals surface area (Å²) >= 11 is 5.76. The molecular formula is C13H11ClF3N3O. The lowest BCUT2D eigenvalue weighted by molar-refractivity contribution is -0.137. The van der Waals surface area contributed by atoms with Gasteiger partial charge in [-0.1, -0.05) is 11.6 Å². The molecule has 0 aliphatic heterocycles. The van der Waals surface area contributed by atoms with Gasteiger partial charge in [0.25, 0.3) is 0 Å². The van der Waals surface area contributed by atoms with Crippen LogP contribution in [0.3, 0.4) is 0 Å². The van der Waals surface area contributed by atoms with E-state index in [4.69, 9.17) is 17.3 Å². The van der Waals surface area contributed by atoms with Gasteiger partial charge in [0.1, 0.15) is 11.6 Å². The van der Waals surface area contributed by atoms with Crippen LogP contribution in [-0.2, 0) is 12.7 Å². The number of pyridine rings is 1. The molecule has 0 fully saturated rings. The van der Waals surface area contributed by atoms with Gasteiger partial charge in [-0.3, -0.25) is 0 Å². The predicted molar refractivity (Wildman–Crippen MR) is 74.1 cm³/mol. The van der Waals surface area contributed by atoms with Crippen LogP contribution in [0.1, 0.15) is 11.1 Å². The van der Waals surface area contributed by atoms with E-state index in [0.29, 0.717) is 17.4 Å². The minimum Gasteiger partial charge on any atom is -0.508 e. The second-order valence-corrected chi connectivity index (χ2v) is 4.70. The number of nitrogen functional groups attached to an aromatic ring is 1. The predicted octanol–water partition coefficient (Wildman–Crippen LogP) is 3.65. The van der Waals surface area contributed by atoms with Crippen LogP contribution in [0, 0.1) is 0 Å². The fourth-order valence-electron chi connectivity index (χ4n) is 1.65.